The molecule has 13 aromatic rings. The van der Waals surface area contributed by atoms with E-state index in [0.717, 1.165) is 94.7 Å². The molecule has 64 heavy (non-hydrogen) atoms. The molecular weight excluding hydrogens is 783 g/mol. The molecule has 298 valence electrons. The highest BCUT2D eigenvalue weighted by atomic mass is 16.3. The zero-order valence-electron chi connectivity index (χ0n) is 34.4. The minimum absolute atomic E-state index is 0.0933. The van der Waals surface area contributed by atoms with Gasteiger partial charge in [0.2, 0.25) is 0 Å². The van der Waals surface area contributed by atoms with Crippen LogP contribution in [0, 0.1) is 5.92 Å². The predicted octanol–water partition coefficient (Wildman–Crippen LogP) is 15.2. The third kappa shape index (κ3) is 4.84. The van der Waals surface area contributed by atoms with Crippen LogP contribution in [0.4, 0.5) is 0 Å². The fourth-order valence-electron chi connectivity index (χ4n) is 11.1. The van der Waals surface area contributed by atoms with Crippen LogP contribution in [-0.2, 0) is 6.42 Å². The van der Waals surface area contributed by atoms with Crippen molar-refractivity contribution in [3.8, 4) is 5.69 Å². The second kappa shape index (κ2) is 12.7. The highest BCUT2D eigenvalue weighted by Crippen LogP contribution is 2.46. The zero-order valence-corrected chi connectivity index (χ0v) is 34.4. The number of nitrogens with zero attached hydrogens (tertiary/aromatic N) is 3. The first-order chi connectivity index (χ1) is 31.7. The van der Waals surface area contributed by atoms with Crippen molar-refractivity contribution < 1.29 is 8.83 Å². The maximum Gasteiger partial charge on any atom is 0.155 e. The summed E-state index contributed by atoms with van der Waals surface area (Å²) in [5.74, 6) is 0.601. The standard InChI is InChI=1S/C59H35N3O2/c1-2-11-36-27-39(19-18-34(36)9-1)56-49-25-33-17-22-42-46-28-37-12-3-4-13-38(37)29-51(46)62(50(42)26-33)52-32-55-47(45-24-20-35-10-5-6-14-41(35)58(45)64-55)31-48(52)57(49)61-59(60-56)40-21-23-44-43-15-7-8-16-53(43)63-54(44)30-40/h1-24,26-32,49,56H,25H2. The summed E-state index contributed by atoms with van der Waals surface area (Å²) in [6, 6.07) is 68.0. The third-order valence-electron chi connectivity index (χ3n) is 14.1. The van der Waals surface area contributed by atoms with Gasteiger partial charge in [-0.15, -0.1) is 0 Å². The first kappa shape index (κ1) is 34.3. The maximum atomic E-state index is 6.98. The van der Waals surface area contributed by atoms with E-state index >= 15 is 0 Å². The Balaban J connectivity index is 1.06. The van der Waals surface area contributed by atoms with Gasteiger partial charge in [0.05, 0.1) is 28.5 Å². The lowest BCUT2D eigenvalue weighted by Crippen LogP contribution is -2.30. The monoisotopic (exact) mass is 817 g/mol. The average molecular weight is 818 g/mol. The summed E-state index contributed by atoms with van der Waals surface area (Å²) in [5, 5.41) is 13.9. The molecule has 15 rings (SSSR count). The summed E-state index contributed by atoms with van der Waals surface area (Å²) in [6.07, 6.45) is 0.753. The number of hydrogen-bond acceptors (Lipinski definition) is 4. The fourth-order valence-corrected chi connectivity index (χ4v) is 11.1. The molecule has 5 heteroatoms. The molecule has 5 nitrogen and oxygen atoms in total. The van der Waals surface area contributed by atoms with E-state index in [2.05, 4.69) is 180 Å². The van der Waals surface area contributed by atoms with Crippen molar-refractivity contribution in [2.45, 2.75) is 12.5 Å². The molecule has 0 radical (unpaired) electrons. The van der Waals surface area contributed by atoms with Crippen LogP contribution in [0.2, 0.25) is 0 Å². The molecule has 2 unspecified atom stereocenters. The number of hydrogen-bond donors (Lipinski definition) is 0. The Morgan fingerprint density at radius 3 is 2.03 bits per heavy atom. The number of benzene rings is 10. The number of furan rings is 2. The molecule has 2 aliphatic rings. The minimum atomic E-state index is -0.235. The van der Waals surface area contributed by atoms with Crippen molar-refractivity contribution in [1.29, 1.82) is 0 Å². The number of para-hydroxylation sites is 1. The van der Waals surface area contributed by atoms with E-state index in [1.165, 1.54) is 43.4 Å². The van der Waals surface area contributed by atoms with Gasteiger partial charge in [-0.1, -0.05) is 127 Å². The van der Waals surface area contributed by atoms with Gasteiger partial charge in [-0.3, -0.25) is 4.99 Å². The largest absolute Gasteiger partial charge is 0.456 e. The molecule has 0 spiro atoms. The first-order valence-electron chi connectivity index (χ1n) is 22.1. The van der Waals surface area contributed by atoms with Crippen molar-refractivity contribution in [3.05, 3.63) is 210 Å². The molecule has 0 fully saturated rings. The number of fused-ring (bicyclic) bond motifs is 18. The number of aliphatic imine (C=N–C) groups is 2. The summed E-state index contributed by atoms with van der Waals surface area (Å²) in [4.78, 5) is 11.5. The minimum Gasteiger partial charge on any atom is -0.456 e. The van der Waals surface area contributed by atoms with E-state index in [1.807, 2.05) is 12.1 Å². The Hall–Kier alpha value is -8.28. The van der Waals surface area contributed by atoms with Crippen molar-refractivity contribution in [2.75, 3.05) is 0 Å². The molecule has 5 heterocycles. The molecule has 0 amide bonds. The van der Waals surface area contributed by atoms with Crippen LogP contribution in [0.15, 0.2) is 207 Å². The van der Waals surface area contributed by atoms with Crippen LogP contribution in [0.3, 0.4) is 0 Å². The van der Waals surface area contributed by atoms with Gasteiger partial charge >= 0.3 is 0 Å². The van der Waals surface area contributed by atoms with Crippen LogP contribution in [-0.4, -0.2) is 16.1 Å². The highest BCUT2D eigenvalue weighted by Gasteiger charge is 2.37. The molecule has 0 aliphatic carbocycles. The van der Waals surface area contributed by atoms with Gasteiger partial charge in [0.15, 0.2) is 5.84 Å². The fraction of sp³-hybridized carbons (Fsp3) is 0.0508. The summed E-state index contributed by atoms with van der Waals surface area (Å²) in [6.45, 7) is 0. The molecule has 10 aromatic carbocycles. The summed E-state index contributed by atoms with van der Waals surface area (Å²) < 4.78 is 15.9. The normalized spacial score (nSPS) is 16.2. The van der Waals surface area contributed by atoms with E-state index in [0.29, 0.717) is 5.84 Å². The molecule has 2 bridgehead atoms. The quantitative estimate of drug-likeness (QED) is 0.174. The Labute approximate surface area is 365 Å². The average Bonchev–Trinajstić information content (AvgIpc) is 4.01. The van der Waals surface area contributed by atoms with Crippen molar-refractivity contribution >= 4 is 110 Å². The molecule has 2 aliphatic heterocycles. The van der Waals surface area contributed by atoms with Crippen LogP contribution in [0.5, 0.6) is 0 Å². The summed E-state index contributed by atoms with van der Waals surface area (Å²) >= 11 is 0. The third-order valence-corrected chi connectivity index (χ3v) is 14.1. The second-order valence-electron chi connectivity index (χ2n) is 17.7. The van der Waals surface area contributed by atoms with Gasteiger partial charge in [-0.2, -0.15) is 0 Å². The smallest absolute Gasteiger partial charge is 0.155 e. The first-order valence-corrected chi connectivity index (χ1v) is 22.1. The summed E-state index contributed by atoms with van der Waals surface area (Å²) in [7, 11) is 0. The van der Waals surface area contributed by atoms with E-state index in [4.69, 9.17) is 18.8 Å². The van der Waals surface area contributed by atoms with Crippen LogP contribution in [0.25, 0.3) is 104 Å². The SMILES string of the molecule is c1ccc2cc(C3N=C(c4ccc5c(c4)oc4ccccc45)N=C4c5cc6c(cc5-n5c7cc(ccc7c7cc8ccccc8cc75)CC43)oc3c4ccccc4ccc63)ccc2c1. The van der Waals surface area contributed by atoms with Crippen molar-refractivity contribution in [3.63, 3.8) is 0 Å². The van der Waals surface area contributed by atoms with Crippen molar-refractivity contribution in [1.82, 2.24) is 4.57 Å². The molecule has 0 N–H and O–H groups in total. The van der Waals surface area contributed by atoms with Gasteiger partial charge < -0.3 is 13.4 Å². The molecular formula is C59H35N3O2. The Morgan fingerprint density at radius 1 is 0.453 bits per heavy atom. The van der Waals surface area contributed by atoms with Gasteiger partial charge in [-0.05, 0) is 99.1 Å². The molecule has 3 aromatic heterocycles. The number of aromatic nitrogens is 1. The van der Waals surface area contributed by atoms with Gasteiger partial charge in [0.1, 0.15) is 22.3 Å². The molecule has 2 atom stereocenters. The van der Waals surface area contributed by atoms with Gasteiger partial charge in [-0.25, -0.2) is 4.99 Å². The summed E-state index contributed by atoms with van der Waals surface area (Å²) in [5.41, 5.74) is 12.2. The van der Waals surface area contributed by atoms with Crippen LogP contribution >= 0.6 is 0 Å². The Bertz CT molecular complexity index is 4250. The van der Waals surface area contributed by atoms with E-state index < -0.39 is 0 Å². The van der Waals surface area contributed by atoms with E-state index in [9.17, 15) is 0 Å². The second-order valence-corrected chi connectivity index (χ2v) is 17.7. The van der Waals surface area contributed by atoms with Crippen LogP contribution in [0.1, 0.15) is 28.3 Å². The predicted molar refractivity (Wildman–Crippen MR) is 264 cm³/mol. The topological polar surface area (TPSA) is 55.9 Å². The highest BCUT2D eigenvalue weighted by molar-refractivity contribution is 6.23. The molecule has 0 saturated heterocycles. The van der Waals surface area contributed by atoms with Crippen molar-refractivity contribution in [2.24, 2.45) is 15.9 Å². The lowest BCUT2D eigenvalue weighted by molar-refractivity contribution is 0.545. The van der Waals surface area contributed by atoms with Gasteiger partial charge in [0, 0.05) is 60.8 Å². The van der Waals surface area contributed by atoms with E-state index in [1.54, 1.807) is 0 Å². The molecule has 0 saturated carbocycles. The number of rotatable bonds is 2. The zero-order chi connectivity index (χ0) is 41.6. The number of amidine groups is 1. The Morgan fingerprint density at radius 2 is 1.14 bits per heavy atom. The van der Waals surface area contributed by atoms with Crippen LogP contribution < -0.4 is 0 Å². The van der Waals surface area contributed by atoms with E-state index in [-0.39, 0.29) is 12.0 Å². The maximum absolute atomic E-state index is 6.98. The lowest BCUT2D eigenvalue weighted by atomic mass is 9.80. The Kier molecular flexibility index (Phi) is 6.79. The lowest BCUT2D eigenvalue weighted by Gasteiger charge is -2.31. The van der Waals surface area contributed by atoms with Gasteiger partial charge in [0.25, 0.3) is 0 Å².